The van der Waals surface area contributed by atoms with Crippen molar-refractivity contribution in [2.45, 2.75) is 32.0 Å². The van der Waals surface area contributed by atoms with Crippen LogP contribution >= 0.6 is 15.9 Å². The van der Waals surface area contributed by atoms with E-state index < -0.39 is 18.6 Å². The SMILES string of the molecule is CCCNC(CC(F)(F)F)c1ccc(Br)cc1. The topological polar surface area (TPSA) is 12.0 Å². The van der Waals surface area contributed by atoms with E-state index >= 15 is 0 Å². The smallest absolute Gasteiger partial charge is 0.310 e. The molecule has 0 aliphatic heterocycles. The molecule has 1 rings (SSSR count). The van der Waals surface area contributed by atoms with Gasteiger partial charge < -0.3 is 5.32 Å². The standard InChI is InChI=1S/C12H15BrF3N/c1-2-7-17-11(8-12(14,15)16)9-3-5-10(13)6-4-9/h3-6,11,17H,2,7-8H2,1H3. The molecule has 0 bridgehead atoms. The summed E-state index contributed by atoms with van der Waals surface area (Å²) in [5.74, 6) is 0. The molecular weight excluding hydrogens is 295 g/mol. The molecule has 0 fully saturated rings. The van der Waals surface area contributed by atoms with E-state index in [4.69, 9.17) is 0 Å². The molecular formula is C12H15BrF3N. The first-order valence-corrected chi connectivity index (χ1v) is 6.27. The van der Waals surface area contributed by atoms with Crippen LogP contribution in [0.4, 0.5) is 13.2 Å². The largest absolute Gasteiger partial charge is 0.390 e. The zero-order chi connectivity index (χ0) is 12.9. The second-order valence-electron chi connectivity index (χ2n) is 3.88. The predicted molar refractivity (Wildman–Crippen MR) is 65.8 cm³/mol. The number of halogens is 4. The molecule has 1 aromatic carbocycles. The zero-order valence-electron chi connectivity index (χ0n) is 9.52. The third-order valence-corrected chi connectivity index (χ3v) is 2.88. The summed E-state index contributed by atoms with van der Waals surface area (Å²) >= 11 is 3.27. The summed E-state index contributed by atoms with van der Waals surface area (Å²) in [5.41, 5.74) is 0.666. The maximum atomic E-state index is 12.4. The molecule has 1 atom stereocenters. The Bertz CT molecular complexity index is 335. The van der Waals surface area contributed by atoms with Crippen LogP contribution in [0.5, 0.6) is 0 Å². The van der Waals surface area contributed by atoms with Crippen molar-refractivity contribution in [3.05, 3.63) is 34.3 Å². The van der Waals surface area contributed by atoms with Gasteiger partial charge in [-0.05, 0) is 30.7 Å². The fourth-order valence-electron chi connectivity index (χ4n) is 1.55. The fraction of sp³-hybridized carbons (Fsp3) is 0.500. The van der Waals surface area contributed by atoms with Gasteiger partial charge >= 0.3 is 6.18 Å². The lowest BCUT2D eigenvalue weighted by Crippen LogP contribution is -2.27. The van der Waals surface area contributed by atoms with Crippen LogP contribution in [0.3, 0.4) is 0 Å². The van der Waals surface area contributed by atoms with Crippen LogP contribution in [0.1, 0.15) is 31.4 Å². The third kappa shape index (κ3) is 5.55. The van der Waals surface area contributed by atoms with Crippen LogP contribution in [0.15, 0.2) is 28.7 Å². The summed E-state index contributed by atoms with van der Waals surface area (Å²) in [6.07, 6.45) is -4.18. The minimum atomic E-state index is -4.15. The Morgan fingerprint density at radius 2 is 1.82 bits per heavy atom. The summed E-state index contributed by atoms with van der Waals surface area (Å²) in [4.78, 5) is 0. The Balaban J connectivity index is 2.78. The Morgan fingerprint density at radius 1 is 1.24 bits per heavy atom. The highest BCUT2D eigenvalue weighted by atomic mass is 79.9. The second-order valence-corrected chi connectivity index (χ2v) is 4.79. The van der Waals surface area contributed by atoms with Gasteiger partial charge in [-0.15, -0.1) is 0 Å². The number of alkyl halides is 3. The first-order chi connectivity index (χ1) is 7.92. The molecule has 0 saturated carbocycles. The van der Waals surface area contributed by atoms with Crippen LogP contribution in [0.25, 0.3) is 0 Å². The number of nitrogens with one attached hydrogen (secondary N) is 1. The summed E-state index contributed by atoms with van der Waals surface area (Å²) in [6, 6.07) is 6.27. The van der Waals surface area contributed by atoms with E-state index in [9.17, 15) is 13.2 Å². The van der Waals surface area contributed by atoms with E-state index in [1.807, 2.05) is 6.92 Å². The van der Waals surface area contributed by atoms with Gasteiger partial charge in [0.2, 0.25) is 0 Å². The van der Waals surface area contributed by atoms with Crippen LogP contribution in [-0.2, 0) is 0 Å². The zero-order valence-corrected chi connectivity index (χ0v) is 11.1. The van der Waals surface area contributed by atoms with Gasteiger partial charge in [0.05, 0.1) is 6.42 Å². The van der Waals surface area contributed by atoms with Crippen LogP contribution in [0, 0.1) is 0 Å². The lowest BCUT2D eigenvalue weighted by molar-refractivity contribution is -0.140. The molecule has 1 aromatic rings. The molecule has 0 aliphatic carbocycles. The normalized spacial score (nSPS) is 13.7. The fourth-order valence-corrected chi connectivity index (χ4v) is 1.82. The monoisotopic (exact) mass is 309 g/mol. The molecule has 17 heavy (non-hydrogen) atoms. The molecule has 0 radical (unpaired) electrons. The van der Waals surface area contributed by atoms with Gasteiger partial charge in [-0.2, -0.15) is 13.2 Å². The van der Waals surface area contributed by atoms with Gasteiger partial charge in [0.15, 0.2) is 0 Å². The van der Waals surface area contributed by atoms with Gasteiger partial charge in [-0.25, -0.2) is 0 Å². The van der Waals surface area contributed by atoms with Gasteiger partial charge in [0.1, 0.15) is 0 Å². The highest BCUT2D eigenvalue weighted by Gasteiger charge is 2.32. The minimum absolute atomic E-state index is 0.580. The number of hydrogen-bond donors (Lipinski definition) is 1. The molecule has 0 spiro atoms. The molecule has 0 saturated heterocycles. The van der Waals surface area contributed by atoms with Crippen LogP contribution < -0.4 is 5.32 Å². The molecule has 1 unspecified atom stereocenters. The Hall–Kier alpha value is -0.550. The Morgan fingerprint density at radius 3 is 2.29 bits per heavy atom. The van der Waals surface area contributed by atoms with E-state index in [1.165, 1.54) is 0 Å². The molecule has 1 N–H and O–H groups in total. The maximum absolute atomic E-state index is 12.4. The first-order valence-electron chi connectivity index (χ1n) is 5.48. The molecule has 0 heterocycles. The van der Waals surface area contributed by atoms with Crippen molar-refractivity contribution in [2.24, 2.45) is 0 Å². The van der Waals surface area contributed by atoms with Crippen molar-refractivity contribution in [3.63, 3.8) is 0 Å². The van der Waals surface area contributed by atoms with Gasteiger partial charge in [0.25, 0.3) is 0 Å². The molecule has 0 aliphatic rings. The highest BCUT2D eigenvalue weighted by Crippen LogP contribution is 2.30. The average Bonchev–Trinajstić information content (AvgIpc) is 2.24. The first kappa shape index (κ1) is 14.5. The second kappa shape index (κ2) is 6.40. The van der Waals surface area contributed by atoms with E-state index in [-0.39, 0.29) is 0 Å². The van der Waals surface area contributed by atoms with Gasteiger partial charge in [-0.3, -0.25) is 0 Å². The van der Waals surface area contributed by atoms with Crippen molar-refractivity contribution >= 4 is 15.9 Å². The predicted octanol–water partition coefficient (Wildman–Crippen LogP) is 4.44. The van der Waals surface area contributed by atoms with Gasteiger partial charge in [0, 0.05) is 10.5 Å². The summed E-state index contributed by atoms with van der Waals surface area (Å²) in [6.45, 7) is 2.51. The molecule has 1 nitrogen and oxygen atoms in total. The van der Waals surface area contributed by atoms with E-state index in [2.05, 4.69) is 21.2 Å². The van der Waals surface area contributed by atoms with Crippen molar-refractivity contribution in [2.75, 3.05) is 6.54 Å². The average molecular weight is 310 g/mol. The molecule has 5 heteroatoms. The van der Waals surface area contributed by atoms with Crippen molar-refractivity contribution in [3.8, 4) is 0 Å². The van der Waals surface area contributed by atoms with Crippen molar-refractivity contribution < 1.29 is 13.2 Å². The highest BCUT2D eigenvalue weighted by molar-refractivity contribution is 9.10. The summed E-state index contributed by atoms with van der Waals surface area (Å²) < 4.78 is 38.2. The number of hydrogen-bond acceptors (Lipinski definition) is 1. The summed E-state index contributed by atoms with van der Waals surface area (Å²) in [7, 11) is 0. The molecule has 0 amide bonds. The van der Waals surface area contributed by atoms with E-state index in [0.29, 0.717) is 12.1 Å². The lowest BCUT2D eigenvalue weighted by Gasteiger charge is -2.20. The van der Waals surface area contributed by atoms with E-state index in [1.54, 1.807) is 24.3 Å². The lowest BCUT2D eigenvalue weighted by atomic mass is 10.0. The van der Waals surface area contributed by atoms with Crippen molar-refractivity contribution in [1.82, 2.24) is 5.32 Å². The van der Waals surface area contributed by atoms with Crippen LogP contribution in [-0.4, -0.2) is 12.7 Å². The van der Waals surface area contributed by atoms with Gasteiger partial charge in [-0.1, -0.05) is 35.0 Å². The quantitative estimate of drug-likeness (QED) is 0.847. The molecule has 0 aromatic heterocycles. The number of rotatable bonds is 5. The minimum Gasteiger partial charge on any atom is -0.310 e. The number of benzene rings is 1. The van der Waals surface area contributed by atoms with Crippen LogP contribution in [0.2, 0.25) is 0 Å². The molecule has 96 valence electrons. The third-order valence-electron chi connectivity index (χ3n) is 2.35. The summed E-state index contributed by atoms with van der Waals surface area (Å²) in [5, 5.41) is 2.93. The van der Waals surface area contributed by atoms with Crippen molar-refractivity contribution in [1.29, 1.82) is 0 Å². The maximum Gasteiger partial charge on any atom is 0.390 e. The Labute approximate surface area is 108 Å². The Kier molecular flexibility index (Phi) is 5.46. The van der Waals surface area contributed by atoms with E-state index in [0.717, 1.165) is 10.9 Å².